The molecule has 224 valence electrons. The van der Waals surface area contributed by atoms with Gasteiger partial charge < -0.3 is 9.13 Å². The molecule has 0 bridgehead atoms. The van der Waals surface area contributed by atoms with Crippen molar-refractivity contribution in [2.24, 2.45) is 0 Å². The van der Waals surface area contributed by atoms with Crippen molar-refractivity contribution in [3.8, 4) is 16.8 Å². The number of thioether (sulfide) groups is 1. The summed E-state index contributed by atoms with van der Waals surface area (Å²) in [5, 5.41) is 4.89. The van der Waals surface area contributed by atoms with Gasteiger partial charge >= 0.3 is 5.91 Å². The molecule has 1 atom stereocenters. The average Bonchev–Trinajstić information content (AvgIpc) is 3.66. The van der Waals surface area contributed by atoms with Crippen molar-refractivity contribution in [1.29, 1.82) is 0 Å². The first kappa shape index (κ1) is 26.2. The van der Waals surface area contributed by atoms with Crippen LogP contribution in [-0.2, 0) is 0 Å². The molecule has 1 aliphatic carbocycles. The Labute approximate surface area is 280 Å². The molecule has 0 spiro atoms. The maximum Gasteiger partial charge on any atom is 0.426 e. The molecule has 2 aliphatic heterocycles. The fourth-order valence-corrected chi connectivity index (χ4v) is 9.45. The third kappa shape index (κ3) is 3.41. The third-order valence-electron chi connectivity index (χ3n) is 10.2. The fourth-order valence-electron chi connectivity index (χ4n) is 8.17. The fraction of sp³-hybridized carbons (Fsp3) is 0.0233. The van der Waals surface area contributed by atoms with Crippen molar-refractivity contribution in [2.45, 2.75) is 10.1 Å². The van der Waals surface area contributed by atoms with Gasteiger partial charge in [0.25, 0.3) is 0 Å². The second-order valence-corrected chi connectivity index (χ2v) is 13.8. The zero-order valence-electron chi connectivity index (χ0n) is 25.7. The molecule has 1 unspecified atom stereocenters. The Morgan fingerprint density at radius 1 is 0.542 bits per heavy atom. The second kappa shape index (κ2) is 9.57. The van der Waals surface area contributed by atoms with Crippen LogP contribution in [0.25, 0.3) is 66.1 Å². The summed E-state index contributed by atoms with van der Waals surface area (Å²) in [7, 11) is 0. The third-order valence-corrected chi connectivity index (χ3v) is 11.4. The van der Waals surface area contributed by atoms with Gasteiger partial charge in [0.05, 0.1) is 38.1 Å². The number of hydrogen-bond acceptors (Lipinski definition) is 2. The van der Waals surface area contributed by atoms with E-state index in [0.29, 0.717) is 0 Å². The minimum Gasteiger partial charge on any atom is -0.310 e. The van der Waals surface area contributed by atoms with Crippen molar-refractivity contribution in [2.75, 3.05) is 0 Å². The van der Waals surface area contributed by atoms with Gasteiger partial charge in [-0.1, -0.05) is 91.0 Å². The van der Waals surface area contributed by atoms with Crippen LogP contribution in [-0.4, -0.2) is 30.6 Å². The van der Waals surface area contributed by atoms with Gasteiger partial charge in [-0.2, -0.15) is 0 Å². The molecular formula is C43H26N3OS+. The summed E-state index contributed by atoms with van der Waals surface area (Å²) in [5.41, 5.74) is 11.7. The smallest absolute Gasteiger partial charge is 0.310 e. The van der Waals surface area contributed by atoms with Crippen LogP contribution in [0.1, 0.15) is 10.4 Å². The number of carbonyl (C=O) groups is 1. The summed E-state index contributed by atoms with van der Waals surface area (Å²) >= 11 is 1.83. The van der Waals surface area contributed by atoms with Gasteiger partial charge in [-0.15, -0.1) is 16.3 Å². The van der Waals surface area contributed by atoms with Gasteiger partial charge in [0, 0.05) is 44.6 Å². The maximum absolute atomic E-state index is 14.4. The predicted octanol–water partition coefficient (Wildman–Crippen LogP) is 10.4. The number of benzene rings is 6. The molecule has 5 heteroatoms. The Balaban J connectivity index is 1.17. The molecule has 0 saturated heterocycles. The molecule has 2 aromatic heterocycles. The molecule has 1 amide bonds. The Kier molecular flexibility index (Phi) is 5.22. The van der Waals surface area contributed by atoms with Crippen molar-refractivity contribution in [3.05, 3.63) is 157 Å². The van der Waals surface area contributed by atoms with Crippen LogP contribution in [0.2, 0.25) is 0 Å². The van der Waals surface area contributed by atoms with Gasteiger partial charge in [-0.3, -0.25) is 0 Å². The van der Waals surface area contributed by atoms with E-state index in [1.807, 2.05) is 34.5 Å². The summed E-state index contributed by atoms with van der Waals surface area (Å²) < 4.78 is 6.73. The van der Waals surface area contributed by atoms with Gasteiger partial charge in [-0.05, 0) is 54.6 Å². The number of fused-ring (bicyclic) bond motifs is 9. The molecule has 0 saturated carbocycles. The molecular weight excluding hydrogens is 607 g/mol. The lowest BCUT2D eigenvalue weighted by molar-refractivity contribution is -0.339. The van der Waals surface area contributed by atoms with Crippen LogP contribution in [0.5, 0.6) is 0 Å². The summed E-state index contributed by atoms with van der Waals surface area (Å²) in [6, 6.07) is 47.1. The van der Waals surface area contributed by atoms with Crippen LogP contribution in [0.15, 0.2) is 157 Å². The molecule has 11 rings (SSSR count). The Bertz CT molecular complexity index is 2740. The van der Waals surface area contributed by atoms with Crippen LogP contribution in [0, 0.1) is 0 Å². The van der Waals surface area contributed by atoms with E-state index in [1.165, 1.54) is 43.6 Å². The van der Waals surface area contributed by atoms with E-state index in [4.69, 9.17) is 0 Å². The summed E-state index contributed by atoms with van der Waals surface area (Å²) in [5.74, 6) is 0.0302. The van der Waals surface area contributed by atoms with Crippen LogP contribution < -0.4 is 0 Å². The Morgan fingerprint density at radius 2 is 1.06 bits per heavy atom. The van der Waals surface area contributed by atoms with Gasteiger partial charge in [0.1, 0.15) is 5.25 Å². The molecule has 0 fully saturated rings. The number of amides is 1. The molecule has 4 heterocycles. The second-order valence-electron chi connectivity index (χ2n) is 12.7. The predicted molar refractivity (Wildman–Crippen MR) is 198 cm³/mol. The Hall–Kier alpha value is -5.91. The lowest BCUT2D eigenvalue weighted by Gasteiger charge is -2.28. The van der Waals surface area contributed by atoms with Crippen molar-refractivity contribution in [1.82, 2.24) is 9.13 Å². The highest BCUT2D eigenvalue weighted by Crippen LogP contribution is 2.51. The molecule has 4 nitrogen and oxygen atoms in total. The van der Waals surface area contributed by atoms with E-state index in [1.54, 1.807) is 0 Å². The number of hydrogen-bond donors (Lipinski definition) is 0. The van der Waals surface area contributed by atoms with Gasteiger partial charge in [-0.25, -0.2) is 4.79 Å². The van der Waals surface area contributed by atoms with Crippen molar-refractivity contribution >= 4 is 78.4 Å². The number of carbonyl (C=O) groups excluding carboxylic acids is 1. The molecule has 6 aromatic carbocycles. The first-order valence-corrected chi connectivity index (χ1v) is 17.1. The molecule has 48 heavy (non-hydrogen) atoms. The maximum atomic E-state index is 14.4. The van der Waals surface area contributed by atoms with Crippen molar-refractivity contribution < 1.29 is 9.37 Å². The van der Waals surface area contributed by atoms with Crippen molar-refractivity contribution in [3.63, 3.8) is 0 Å². The number of nitrogens with zero attached hydrogens (tertiary/aromatic N) is 3. The average molecular weight is 633 g/mol. The minimum atomic E-state index is -0.0483. The minimum absolute atomic E-state index is 0.0302. The largest absolute Gasteiger partial charge is 0.426 e. The zero-order valence-corrected chi connectivity index (χ0v) is 26.5. The van der Waals surface area contributed by atoms with Crippen LogP contribution in [0.4, 0.5) is 5.69 Å². The highest BCUT2D eigenvalue weighted by molar-refractivity contribution is 8.01. The topological polar surface area (TPSA) is 29.9 Å². The van der Waals surface area contributed by atoms with Crippen LogP contribution >= 0.6 is 11.8 Å². The van der Waals surface area contributed by atoms with Gasteiger partial charge in [0.15, 0.2) is 0 Å². The monoisotopic (exact) mass is 632 g/mol. The first-order chi connectivity index (χ1) is 23.7. The lowest BCUT2D eigenvalue weighted by atomic mass is 9.92. The van der Waals surface area contributed by atoms with Crippen LogP contribution in [0.3, 0.4) is 0 Å². The number of para-hydroxylation sites is 4. The zero-order chi connectivity index (χ0) is 31.5. The van der Waals surface area contributed by atoms with Gasteiger partial charge in [0.2, 0.25) is 11.4 Å². The standard InChI is InChI=1S/C43H26N3OS/c47-43-33-16-2-1-11-28(33)34-23-27(45-37-19-9-5-14-31(37)32-15-6-10-20-38(32)45)25-41-42(34)46(43)39-22-21-26(24-40(39)48-41)44-35-17-7-3-12-29(35)30-13-4-8-18-36(30)44/h1-25,40H/q+1. The highest BCUT2D eigenvalue weighted by Gasteiger charge is 2.45. The van der Waals surface area contributed by atoms with E-state index in [2.05, 4.69) is 143 Å². The summed E-state index contributed by atoms with van der Waals surface area (Å²) in [4.78, 5) is 15.5. The molecule has 3 aliphatic rings. The summed E-state index contributed by atoms with van der Waals surface area (Å²) in [6.45, 7) is 0. The summed E-state index contributed by atoms with van der Waals surface area (Å²) in [6.07, 6.45) is 6.68. The number of allylic oxidation sites excluding steroid dienone is 3. The van der Waals surface area contributed by atoms with E-state index >= 15 is 0 Å². The van der Waals surface area contributed by atoms with E-state index in [-0.39, 0.29) is 11.2 Å². The lowest BCUT2D eigenvalue weighted by Crippen LogP contribution is -2.36. The normalized spacial score (nSPS) is 16.5. The first-order valence-electron chi connectivity index (χ1n) is 16.3. The number of aromatic nitrogens is 2. The van der Waals surface area contributed by atoms with E-state index in [9.17, 15) is 4.79 Å². The highest BCUT2D eigenvalue weighted by atomic mass is 32.2. The Morgan fingerprint density at radius 3 is 1.67 bits per heavy atom. The molecule has 0 radical (unpaired) electrons. The number of rotatable bonds is 2. The molecule has 8 aromatic rings. The molecule has 0 N–H and O–H groups in total. The van der Waals surface area contributed by atoms with E-state index < -0.39 is 0 Å². The van der Waals surface area contributed by atoms with E-state index in [0.717, 1.165) is 44.4 Å². The quantitative estimate of drug-likeness (QED) is 0.178. The SMILES string of the molecule is O=C1c2ccccc2-c2cc(-n3c4ccccc4c4ccccc43)cc3c2[N+]1=C1C=CC(n2c4ccccc4c4ccccc42)=CC1S3.